The van der Waals surface area contributed by atoms with Gasteiger partial charge in [-0.15, -0.1) is 0 Å². The first-order valence-corrected chi connectivity index (χ1v) is 7.48. The van der Waals surface area contributed by atoms with Crippen molar-refractivity contribution in [3.63, 3.8) is 0 Å². The lowest BCUT2D eigenvalue weighted by Gasteiger charge is -2.41. The van der Waals surface area contributed by atoms with Gasteiger partial charge in [0.2, 0.25) is 5.91 Å². The molecule has 1 aliphatic heterocycles. The molecule has 1 saturated heterocycles. The minimum Gasteiger partial charge on any atom is -0.394 e. The van der Waals surface area contributed by atoms with E-state index in [0.717, 1.165) is 11.8 Å². The Kier molecular flexibility index (Phi) is 7.39. The number of aldehydes is 1. The van der Waals surface area contributed by atoms with Crippen LogP contribution in [0.5, 0.6) is 0 Å². The lowest BCUT2D eigenvalue weighted by Crippen LogP contribution is -2.64. The summed E-state index contributed by atoms with van der Waals surface area (Å²) >= 11 is 0. The highest BCUT2D eigenvalue weighted by Crippen LogP contribution is 2.22. The molecule has 1 fully saturated rings. The average molecular weight is 348 g/mol. The van der Waals surface area contributed by atoms with Crippen molar-refractivity contribution in [2.24, 2.45) is 5.73 Å². The molecular formula is C14H24N2O8. The Bertz CT molecular complexity index is 474. The van der Waals surface area contributed by atoms with E-state index in [1.54, 1.807) is 0 Å². The van der Waals surface area contributed by atoms with Gasteiger partial charge < -0.3 is 35.3 Å². The van der Waals surface area contributed by atoms with Gasteiger partial charge in [0, 0.05) is 6.92 Å². The molecule has 1 aliphatic rings. The number of rotatable bonds is 6. The number of carbonyl (C=O) groups is 3. The monoisotopic (exact) mass is 348 g/mol. The second-order valence-corrected chi connectivity index (χ2v) is 5.66. The molecule has 7 atom stereocenters. The third kappa shape index (κ3) is 4.35. The highest BCUT2D eigenvalue weighted by Gasteiger charge is 2.45. The van der Waals surface area contributed by atoms with Gasteiger partial charge in [-0.2, -0.15) is 0 Å². The fourth-order valence-corrected chi connectivity index (χ4v) is 2.47. The summed E-state index contributed by atoms with van der Waals surface area (Å²) in [5.41, 5.74) is 5.71. The topological polar surface area (TPSA) is 160 Å². The highest BCUT2D eigenvalue weighted by atomic mass is 16.6. The largest absolute Gasteiger partial charge is 0.394 e. The number of imide groups is 1. The Morgan fingerprint density at radius 2 is 1.96 bits per heavy atom. The molecule has 0 aromatic heterocycles. The summed E-state index contributed by atoms with van der Waals surface area (Å²) in [6.45, 7) is 3.24. The van der Waals surface area contributed by atoms with Gasteiger partial charge in [-0.05, 0) is 13.8 Å². The standard InChI is InChI=1S/C14H24N2O8/c1-6(4-17)16(8(3)19)13(21)7(2)23-12-10(15)14(22)24-9(5-18)11(12)20/h4,6-7,9-12,14,18,20,22H,5,15H2,1-3H3/t6-,7?,9+,10+,11+,12+,14-/m0/s1. The molecule has 1 rings (SSSR count). The van der Waals surface area contributed by atoms with E-state index < -0.39 is 61.2 Å². The first-order chi connectivity index (χ1) is 11.1. The molecule has 2 amide bonds. The van der Waals surface area contributed by atoms with Crippen molar-refractivity contribution >= 4 is 18.1 Å². The summed E-state index contributed by atoms with van der Waals surface area (Å²) in [6, 6.07) is -2.16. The van der Waals surface area contributed by atoms with Crippen LogP contribution >= 0.6 is 0 Å². The Morgan fingerprint density at radius 3 is 2.42 bits per heavy atom. The van der Waals surface area contributed by atoms with Crippen LogP contribution in [0.25, 0.3) is 0 Å². The van der Waals surface area contributed by atoms with Gasteiger partial charge in [0.15, 0.2) is 6.29 Å². The summed E-state index contributed by atoms with van der Waals surface area (Å²) in [5, 5.41) is 28.9. The lowest BCUT2D eigenvalue weighted by molar-refractivity contribution is -0.262. The molecule has 24 heavy (non-hydrogen) atoms. The summed E-state index contributed by atoms with van der Waals surface area (Å²) in [5.74, 6) is -1.43. The summed E-state index contributed by atoms with van der Waals surface area (Å²) in [4.78, 5) is 35.5. The molecule has 0 radical (unpaired) electrons. The van der Waals surface area contributed by atoms with E-state index >= 15 is 0 Å². The Hall–Kier alpha value is -1.43. The SMILES string of the molecule is CC(=O)N(C(=O)C(C)O[C@@H]1[C@@H](N)[C@@H](O)O[C@H](CO)[C@H]1O)[C@@H](C)C=O. The van der Waals surface area contributed by atoms with Gasteiger partial charge in [-0.25, -0.2) is 0 Å². The number of hydrogen-bond donors (Lipinski definition) is 4. The van der Waals surface area contributed by atoms with Crippen LogP contribution in [0.1, 0.15) is 20.8 Å². The third-order valence-electron chi connectivity index (χ3n) is 3.81. The van der Waals surface area contributed by atoms with Crippen LogP contribution in [0.3, 0.4) is 0 Å². The fourth-order valence-electron chi connectivity index (χ4n) is 2.47. The first-order valence-electron chi connectivity index (χ1n) is 7.48. The predicted octanol–water partition coefficient (Wildman–Crippen LogP) is -2.88. The zero-order chi connectivity index (χ0) is 18.6. The van der Waals surface area contributed by atoms with Crippen molar-refractivity contribution in [2.45, 2.75) is 63.6 Å². The smallest absolute Gasteiger partial charge is 0.258 e. The Balaban J connectivity index is 2.90. The summed E-state index contributed by atoms with van der Waals surface area (Å²) in [6.07, 6.45) is -6.04. The molecule has 0 saturated carbocycles. The van der Waals surface area contributed by atoms with E-state index in [1.807, 2.05) is 0 Å². The normalized spacial score (nSPS) is 32.7. The summed E-state index contributed by atoms with van der Waals surface area (Å²) < 4.78 is 10.3. The number of nitrogens with two attached hydrogens (primary N) is 1. The van der Waals surface area contributed by atoms with Crippen LogP contribution < -0.4 is 5.73 Å². The van der Waals surface area contributed by atoms with Gasteiger partial charge >= 0.3 is 0 Å². The third-order valence-corrected chi connectivity index (χ3v) is 3.81. The van der Waals surface area contributed by atoms with E-state index in [9.17, 15) is 24.6 Å². The van der Waals surface area contributed by atoms with Crippen LogP contribution in [0.15, 0.2) is 0 Å². The maximum Gasteiger partial charge on any atom is 0.258 e. The van der Waals surface area contributed by atoms with Crippen molar-refractivity contribution in [3.05, 3.63) is 0 Å². The molecule has 138 valence electrons. The maximum absolute atomic E-state index is 12.4. The van der Waals surface area contributed by atoms with E-state index in [4.69, 9.17) is 20.3 Å². The van der Waals surface area contributed by atoms with Gasteiger partial charge in [0.25, 0.3) is 5.91 Å². The molecule has 0 aromatic carbocycles. The minimum atomic E-state index is -1.50. The van der Waals surface area contributed by atoms with Crippen LogP contribution in [-0.2, 0) is 23.9 Å². The second-order valence-electron chi connectivity index (χ2n) is 5.66. The molecule has 10 heteroatoms. The van der Waals surface area contributed by atoms with Gasteiger partial charge in [0.05, 0.1) is 18.7 Å². The van der Waals surface area contributed by atoms with Crippen molar-refractivity contribution in [1.29, 1.82) is 0 Å². The molecule has 0 aliphatic carbocycles. The number of aliphatic hydroxyl groups excluding tert-OH is 3. The predicted molar refractivity (Wildman–Crippen MR) is 79.3 cm³/mol. The van der Waals surface area contributed by atoms with Crippen molar-refractivity contribution in [2.75, 3.05) is 6.61 Å². The zero-order valence-electron chi connectivity index (χ0n) is 13.7. The highest BCUT2D eigenvalue weighted by molar-refractivity contribution is 5.98. The number of nitrogens with zero attached hydrogens (tertiary/aromatic N) is 1. The number of aliphatic hydroxyl groups is 3. The molecule has 10 nitrogen and oxygen atoms in total. The lowest BCUT2D eigenvalue weighted by atomic mass is 9.97. The molecule has 0 aromatic rings. The van der Waals surface area contributed by atoms with Crippen LogP contribution in [0, 0.1) is 0 Å². The first kappa shape index (κ1) is 20.6. The van der Waals surface area contributed by atoms with Gasteiger partial charge in [-0.1, -0.05) is 0 Å². The zero-order valence-corrected chi connectivity index (χ0v) is 13.7. The van der Waals surface area contributed by atoms with Crippen molar-refractivity contribution in [1.82, 2.24) is 4.90 Å². The minimum absolute atomic E-state index is 0.437. The number of amides is 2. The molecule has 1 unspecified atom stereocenters. The molecule has 1 heterocycles. The molecule has 5 N–H and O–H groups in total. The van der Waals surface area contributed by atoms with Gasteiger partial charge in [0.1, 0.15) is 30.7 Å². The van der Waals surface area contributed by atoms with Crippen LogP contribution in [0.4, 0.5) is 0 Å². The fraction of sp³-hybridized carbons (Fsp3) is 0.786. The molecular weight excluding hydrogens is 324 g/mol. The Morgan fingerprint density at radius 1 is 1.38 bits per heavy atom. The number of hydrogen-bond acceptors (Lipinski definition) is 9. The molecule has 0 bridgehead atoms. The summed E-state index contributed by atoms with van der Waals surface area (Å²) in [7, 11) is 0. The van der Waals surface area contributed by atoms with E-state index in [1.165, 1.54) is 13.8 Å². The van der Waals surface area contributed by atoms with Gasteiger partial charge in [-0.3, -0.25) is 14.5 Å². The van der Waals surface area contributed by atoms with E-state index in [-0.39, 0.29) is 0 Å². The van der Waals surface area contributed by atoms with Crippen molar-refractivity contribution in [3.8, 4) is 0 Å². The van der Waals surface area contributed by atoms with Crippen LogP contribution in [-0.4, -0.2) is 87.7 Å². The average Bonchev–Trinajstić information content (AvgIpc) is 2.53. The number of carbonyl (C=O) groups excluding carboxylic acids is 3. The Labute approximate surface area is 139 Å². The quantitative estimate of drug-likeness (QED) is 0.370. The van der Waals surface area contributed by atoms with Crippen LogP contribution in [0.2, 0.25) is 0 Å². The van der Waals surface area contributed by atoms with Crippen molar-refractivity contribution < 1.29 is 39.2 Å². The van der Waals surface area contributed by atoms with E-state index in [2.05, 4.69) is 0 Å². The van der Waals surface area contributed by atoms with E-state index in [0.29, 0.717) is 6.29 Å². The molecule has 0 spiro atoms. The number of ether oxygens (including phenoxy) is 2. The second kappa shape index (κ2) is 8.60. The maximum atomic E-state index is 12.4.